The molecule has 0 amide bonds. The molecular weight excluding hydrogens is 313 g/mol. The zero-order chi connectivity index (χ0) is 14.8. The van der Waals surface area contributed by atoms with E-state index in [9.17, 15) is 5.11 Å². The van der Waals surface area contributed by atoms with Crippen LogP contribution >= 0.6 is 35.0 Å². The van der Waals surface area contributed by atoms with Crippen LogP contribution in [0.1, 0.15) is 26.7 Å². The monoisotopic (exact) mass is 333 g/mol. The van der Waals surface area contributed by atoms with Crippen molar-refractivity contribution in [2.45, 2.75) is 43.2 Å². The maximum absolute atomic E-state index is 9.89. The molecule has 1 fully saturated rings. The van der Waals surface area contributed by atoms with Crippen molar-refractivity contribution < 1.29 is 5.11 Å². The predicted octanol–water partition coefficient (Wildman–Crippen LogP) is 4.22. The normalized spacial score (nSPS) is 18.3. The van der Waals surface area contributed by atoms with E-state index < -0.39 is 0 Å². The lowest BCUT2D eigenvalue weighted by atomic mass is 9.95. The zero-order valence-corrected chi connectivity index (χ0v) is 14.2. The van der Waals surface area contributed by atoms with E-state index in [2.05, 4.69) is 19.2 Å². The molecule has 0 heterocycles. The van der Waals surface area contributed by atoms with Crippen molar-refractivity contribution in [2.24, 2.45) is 5.92 Å². The second-order valence-corrected chi connectivity index (χ2v) is 7.62. The summed E-state index contributed by atoms with van der Waals surface area (Å²) in [5, 5.41) is 14.6. The van der Waals surface area contributed by atoms with Gasteiger partial charge >= 0.3 is 0 Å². The second-order valence-electron chi connectivity index (χ2n) is 5.75. The smallest absolute Gasteiger partial charge is 0.0624 e. The molecule has 1 aromatic carbocycles. The van der Waals surface area contributed by atoms with Crippen LogP contribution in [-0.2, 0) is 0 Å². The van der Waals surface area contributed by atoms with Crippen LogP contribution in [0.2, 0.25) is 10.0 Å². The van der Waals surface area contributed by atoms with E-state index in [4.69, 9.17) is 23.2 Å². The topological polar surface area (TPSA) is 32.3 Å². The number of rotatable bonds is 7. The molecule has 20 heavy (non-hydrogen) atoms. The highest BCUT2D eigenvalue weighted by Crippen LogP contribution is 2.42. The summed E-state index contributed by atoms with van der Waals surface area (Å²) in [6, 6.07) is 6.04. The Morgan fingerprint density at radius 2 is 2.05 bits per heavy atom. The molecule has 0 aliphatic heterocycles. The molecule has 1 atom stereocenters. The van der Waals surface area contributed by atoms with Crippen molar-refractivity contribution in [2.75, 3.05) is 12.4 Å². The van der Waals surface area contributed by atoms with Gasteiger partial charge < -0.3 is 10.4 Å². The van der Waals surface area contributed by atoms with Crippen LogP contribution in [0.4, 0.5) is 0 Å². The van der Waals surface area contributed by atoms with Crippen LogP contribution in [0.3, 0.4) is 0 Å². The lowest BCUT2D eigenvalue weighted by Crippen LogP contribution is -2.55. The third-order valence-corrected chi connectivity index (χ3v) is 5.59. The molecular formula is C15H21Cl2NOS. The van der Waals surface area contributed by atoms with Crippen molar-refractivity contribution in [3.05, 3.63) is 28.2 Å². The van der Waals surface area contributed by atoms with Gasteiger partial charge in [-0.25, -0.2) is 0 Å². The number of thioether (sulfide) groups is 1. The summed E-state index contributed by atoms with van der Waals surface area (Å²) < 4.78 is 0. The molecule has 1 aliphatic rings. The van der Waals surface area contributed by atoms with E-state index in [1.807, 2.05) is 18.2 Å². The highest BCUT2D eigenvalue weighted by atomic mass is 35.5. The van der Waals surface area contributed by atoms with Crippen LogP contribution in [0.25, 0.3) is 0 Å². The fourth-order valence-corrected chi connectivity index (χ4v) is 4.05. The molecule has 0 spiro atoms. The molecule has 0 bridgehead atoms. The van der Waals surface area contributed by atoms with Gasteiger partial charge in [0.1, 0.15) is 0 Å². The summed E-state index contributed by atoms with van der Waals surface area (Å²) in [5.74, 6) is 1.41. The van der Waals surface area contributed by atoms with Crippen LogP contribution in [0, 0.1) is 5.92 Å². The zero-order valence-electron chi connectivity index (χ0n) is 11.8. The first-order valence-electron chi connectivity index (χ1n) is 6.93. The minimum atomic E-state index is -0.190. The maximum Gasteiger partial charge on any atom is 0.0624 e. The average molecular weight is 334 g/mol. The first kappa shape index (κ1) is 16.4. The molecule has 1 aromatic rings. The van der Waals surface area contributed by atoms with Gasteiger partial charge in [-0.05, 0) is 37.0 Å². The molecule has 0 radical (unpaired) electrons. The molecule has 2 N–H and O–H groups in total. The highest BCUT2D eigenvalue weighted by molar-refractivity contribution is 7.99. The van der Waals surface area contributed by atoms with E-state index in [1.165, 1.54) is 12.8 Å². The molecule has 0 aromatic heterocycles. The van der Waals surface area contributed by atoms with Crippen LogP contribution in [0.5, 0.6) is 0 Å². The Hall–Kier alpha value is 0.0700. The standard InChI is InChI=1S/C15H21Cl2NOS/c1-10(2)18-15(8-19,11-3-4-11)9-20-12-5-6-13(16)14(17)7-12/h5-7,10-11,18-19H,3-4,8-9H2,1-2H3. The number of halogens is 2. The number of aliphatic hydroxyl groups excluding tert-OH is 1. The molecule has 5 heteroatoms. The van der Waals surface area contributed by atoms with Crippen molar-refractivity contribution in [3.8, 4) is 0 Å². The van der Waals surface area contributed by atoms with E-state index >= 15 is 0 Å². The van der Waals surface area contributed by atoms with Crippen LogP contribution < -0.4 is 5.32 Å². The molecule has 1 saturated carbocycles. The van der Waals surface area contributed by atoms with Gasteiger partial charge in [0, 0.05) is 16.7 Å². The second kappa shape index (κ2) is 6.89. The van der Waals surface area contributed by atoms with Crippen molar-refractivity contribution in [3.63, 3.8) is 0 Å². The average Bonchev–Trinajstić information content (AvgIpc) is 3.23. The number of benzene rings is 1. The van der Waals surface area contributed by atoms with Gasteiger partial charge in [-0.2, -0.15) is 0 Å². The van der Waals surface area contributed by atoms with Gasteiger partial charge in [0.25, 0.3) is 0 Å². The Morgan fingerprint density at radius 1 is 1.35 bits per heavy atom. The quantitative estimate of drug-likeness (QED) is 0.732. The Kier molecular flexibility index (Phi) is 5.66. The summed E-state index contributed by atoms with van der Waals surface area (Å²) in [7, 11) is 0. The Balaban J connectivity index is 2.06. The predicted molar refractivity (Wildman–Crippen MR) is 88.0 cm³/mol. The molecule has 1 unspecified atom stereocenters. The Labute approximate surface area is 135 Å². The summed E-state index contributed by atoms with van der Waals surface area (Å²) >= 11 is 13.7. The first-order valence-corrected chi connectivity index (χ1v) is 8.67. The van der Waals surface area contributed by atoms with Crippen LogP contribution in [-0.4, -0.2) is 29.0 Å². The van der Waals surface area contributed by atoms with Crippen molar-refractivity contribution in [1.82, 2.24) is 5.32 Å². The molecule has 112 valence electrons. The minimum absolute atomic E-state index is 0.171. The summed E-state index contributed by atoms with van der Waals surface area (Å²) in [6.45, 7) is 4.41. The molecule has 0 saturated heterocycles. The van der Waals surface area contributed by atoms with Gasteiger partial charge in [0.2, 0.25) is 0 Å². The fraction of sp³-hybridized carbons (Fsp3) is 0.600. The van der Waals surface area contributed by atoms with E-state index in [-0.39, 0.29) is 12.1 Å². The number of aliphatic hydroxyl groups is 1. The Morgan fingerprint density at radius 3 is 2.55 bits per heavy atom. The third-order valence-electron chi connectivity index (χ3n) is 3.60. The van der Waals surface area contributed by atoms with Crippen molar-refractivity contribution >= 4 is 35.0 Å². The fourth-order valence-electron chi connectivity index (χ4n) is 2.49. The lowest BCUT2D eigenvalue weighted by Gasteiger charge is -2.35. The summed E-state index contributed by atoms with van der Waals surface area (Å²) in [4.78, 5) is 1.09. The number of hydrogen-bond acceptors (Lipinski definition) is 3. The molecule has 1 aliphatic carbocycles. The number of nitrogens with one attached hydrogen (secondary N) is 1. The molecule has 2 rings (SSSR count). The third kappa shape index (κ3) is 4.05. The minimum Gasteiger partial charge on any atom is -0.394 e. The molecule has 2 nitrogen and oxygen atoms in total. The van der Waals surface area contributed by atoms with E-state index in [0.717, 1.165) is 10.6 Å². The maximum atomic E-state index is 9.89. The van der Waals surface area contributed by atoms with Gasteiger partial charge in [0.15, 0.2) is 0 Å². The van der Waals surface area contributed by atoms with Gasteiger partial charge in [-0.15, -0.1) is 11.8 Å². The largest absolute Gasteiger partial charge is 0.394 e. The highest BCUT2D eigenvalue weighted by Gasteiger charge is 2.44. The van der Waals surface area contributed by atoms with Gasteiger partial charge in [0.05, 0.1) is 22.2 Å². The van der Waals surface area contributed by atoms with Gasteiger partial charge in [-0.1, -0.05) is 37.0 Å². The Bertz CT molecular complexity index is 465. The first-order chi connectivity index (χ1) is 9.47. The van der Waals surface area contributed by atoms with Gasteiger partial charge in [-0.3, -0.25) is 0 Å². The summed E-state index contributed by atoms with van der Waals surface area (Å²) in [6.07, 6.45) is 2.39. The summed E-state index contributed by atoms with van der Waals surface area (Å²) in [5.41, 5.74) is -0.190. The van der Waals surface area contributed by atoms with E-state index in [1.54, 1.807) is 11.8 Å². The lowest BCUT2D eigenvalue weighted by molar-refractivity contribution is 0.150. The van der Waals surface area contributed by atoms with Crippen molar-refractivity contribution in [1.29, 1.82) is 0 Å². The van der Waals surface area contributed by atoms with E-state index in [0.29, 0.717) is 22.0 Å². The van der Waals surface area contributed by atoms with Crippen LogP contribution in [0.15, 0.2) is 23.1 Å². The SMILES string of the molecule is CC(C)NC(CO)(CSc1ccc(Cl)c(Cl)c1)C1CC1. The number of hydrogen-bond donors (Lipinski definition) is 2.